The molecule has 0 saturated carbocycles. The Labute approximate surface area is 147 Å². The molecular formula is C17H12FNO6S. The Hall–Kier alpha value is -3.07. The van der Waals surface area contributed by atoms with E-state index in [1.54, 1.807) is 0 Å². The minimum Gasteiger partial charge on any atom is -0.328 e. The van der Waals surface area contributed by atoms with Crippen LogP contribution in [0.2, 0.25) is 0 Å². The first-order valence-corrected chi connectivity index (χ1v) is 8.97. The third-order valence-electron chi connectivity index (χ3n) is 3.88. The molecule has 0 radical (unpaired) electrons. The van der Waals surface area contributed by atoms with Gasteiger partial charge in [0.05, 0.1) is 16.0 Å². The SMILES string of the molecule is CC(C(=O)ON1C(=O)c2ccccc2C1=O)S(=O)(=O)c1ccc(F)cc1. The lowest BCUT2D eigenvalue weighted by Gasteiger charge is -2.16. The zero-order valence-corrected chi connectivity index (χ0v) is 14.2. The second-order valence-electron chi connectivity index (χ2n) is 5.50. The Balaban J connectivity index is 1.81. The molecule has 0 bridgehead atoms. The molecule has 0 saturated heterocycles. The number of fused-ring (bicyclic) bond motifs is 1. The molecule has 134 valence electrons. The molecule has 0 spiro atoms. The molecule has 2 aromatic carbocycles. The predicted octanol–water partition coefficient (Wildman–Crippen LogP) is 1.74. The third-order valence-corrected chi connectivity index (χ3v) is 5.93. The summed E-state index contributed by atoms with van der Waals surface area (Å²) in [4.78, 5) is 41.0. The summed E-state index contributed by atoms with van der Waals surface area (Å²) in [6.07, 6.45) is 0. The van der Waals surface area contributed by atoms with Gasteiger partial charge in [-0.3, -0.25) is 9.59 Å². The average molecular weight is 377 g/mol. The van der Waals surface area contributed by atoms with Gasteiger partial charge in [-0.05, 0) is 43.3 Å². The molecule has 2 amide bonds. The lowest BCUT2D eigenvalue weighted by Crippen LogP contribution is -2.38. The molecular weight excluding hydrogens is 365 g/mol. The van der Waals surface area contributed by atoms with Crippen molar-refractivity contribution in [1.29, 1.82) is 0 Å². The van der Waals surface area contributed by atoms with Crippen molar-refractivity contribution in [3.8, 4) is 0 Å². The standard InChI is InChI=1S/C17H12FNO6S/c1-10(26(23,24)12-8-6-11(18)7-9-12)17(22)25-19-15(20)13-4-2-3-5-14(13)16(19)21/h2-10H,1H3. The van der Waals surface area contributed by atoms with E-state index in [1.165, 1.54) is 24.3 Å². The highest BCUT2D eigenvalue weighted by atomic mass is 32.2. The van der Waals surface area contributed by atoms with E-state index < -0.39 is 38.7 Å². The monoisotopic (exact) mass is 377 g/mol. The van der Waals surface area contributed by atoms with Crippen LogP contribution in [0.1, 0.15) is 27.6 Å². The number of amides is 2. The predicted molar refractivity (Wildman–Crippen MR) is 86.1 cm³/mol. The number of halogens is 1. The van der Waals surface area contributed by atoms with E-state index in [9.17, 15) is 27.2 Å². The van der Waals surface area contributed by atoms with Crippen molar-refractivity contribution < 1.29 is 32.0 Å². The Morgan fingerprint density at radius 1 is 1.00 bits per heavy atom. The quantitative estimate of drug-likeness (QED) is 0.595. The van der Waals surface area contributed by atoms with Crippen LogP contribution in [-0.4, -0.2) is 36.5 Å². The topological polar surface area (TPSA) is 97.8 Å². The fourth-order valence-electron chi connectivity index (χ4n) is 2.37. The van der Waals surface area contributed by atoms with Crippen molar-refractivity contribution in [2.75, 3.05) is 0 Å². The molecule has 1 aliphatic rings. The van der Waals surface area contributed by atoms with Crippen molar-refractivity contribution >= 4 is 27.6 Å². The Morgan fingerprint density at radius 2 is 1.50 bits per heavy atom. The van der Waals surface area contributed by atoms with Crippen molar-refractivity contribution in [3.05, 3.63) is 65.5 Å². The molecule has 3 rings (SSSR count). The van der Waals surface area contributed by atoms with E-state index in [0.717, 1.165) is 31.2 Å². The van der Waals surface area contributed by atoms with Gasteiger partial charge in [-0.1, -0.05) is 17.2 Å². The fraction of sp³-hybridized carbons (Fsp3) is 0.118. The molecule has 26 heavy (non-hydrogen) atoms. The van der Waals surface area contributed by atoms with Gasteiger partial charge < -0.3 is 4.84 Å². The van der Waals surface area contributed by atoms with Gasteiger partial charge in [-0.2, -0.15) is 0 Å². The van der Waals surface area contributed by atoms with Gasteiger partial charge in [-0.15, -0.1) is 0 Å². The first kappa shape index (κ1) is 17.7. The number of carbonyl (C=O) groups excluding carboxylic acids is 3. The molecule has 7 nitrogen and oxygen atoms in total. The van der Waals surface area contributed by atoms with Gasteiger partial charge in [0.15, 0.2) is 15.1 Å². The number of nitrogens with zero attached hydrogens (tertiary/aromatic N) is 1. The van der Waals surface area contributed by atoms with Gasteiger partial charge in [0, 0.05) is 0 Å². The van der Waals surface area contributed by atoms with Crippen LogP contribution in [0.5, 0.6) is 0 Å². The summed E-state index contributed by atoms with van der Waals surface area (Å²) in [7, 11) is -4.19. The smallest absolute Gasteiger partial charge is 0.328 e. The first-order valence-electron chi connectivity index (χ1n) is 7.42. The van der Waals surface area contributed by atoms with E-state index in [4.69, 9.17) is 4.84 Å². The van der Waals surface area contributed by atoms with Gasteiger partial charge in [0.25, 0.3) is 11.8 Å². The minimum absolute atomic E-state index is 0.0549. The molecule has 2 aromatic rings. The summed E-state index contributed by atoms with van der Waals surface area (Å²) in [5.41, 5.74) is 0.110. The number of benzene rings is 2. The number of hydrogen-bond donors (Lipinski definition) is 0. The normalized spacial score (nSPS) is 14.9. The lowest BCUT2D eigenvalue weighted by molar-refractivity contribution is -0.167. The molecule has 0 fully saturated rings. The largest absolute Gasteiger partial charge is 0.351 e. The van der Waals surface area contributed by atoms with Crippen LogP contribution >= 0.6 is 0 Å². The highest BCUT2D eigenvalue weighted by Crippen LogP contribution is 2.24. The number of rotatable bonds is 4. The summed E-state index contributed by atoms with van der Waals surface area (Å²) < 4.78 is 37.8. The van der Waals surface area contributed by atoms with Crippen molar-refractivity contribution in [1.82, 2.24) is 5.06 Å². The minimum atomic E-state index is -4.19. The van der Waals surface area contributed by atoms with Crippen LogP contribution in [0.15, 0.2) is 53.4 Å². The lowest BCUT2D eigenvalue weighted by atomic mass is 10.1. The van der Waals surface area contributed by atoms with Crippen molar-refractivity contribution in [3.63, 3.8) is 0 Å². The van der Waals surface area contributed by atoms with Crippen LogP contribution in [0.3, 0.4) is 0 Å². The summed E-state index contributed by atoms with van der Waals surface area (Å²) in [6, 6.07) is 9.76. The molecule has 1 aliphatic heterocycles. The highest BCUT2D eigenvalue weighted by Gasteiger charge is 2.41. The zero-order valence-electron chi connectivity index (χ0n) is 13.4. The maximum absolute atomic E-state index is 13.0. The molecule has 1 unspecified atom stereocenters. The number of hydroxylamine groups is 2. The summed E-state index contributed by atoms with van der Waals surface area (Å²) >= 11 is 0. The van der Waals surface area contributed by atoms with Crippen LogP contribution < -0.4 is 0 Å². The van der Waals surface area contributed by atoms with E-state index in [-0.39, 0.29) is 21.1 Å². The zero-order chi connectivity index (χ0) is 19.1. The molecule has 9 heteroatoms. The van der Waals surface area contributed by atoms with E-state index in [1.807, 2.05) is 0 Å². The van der Waals surface area contributed by atoms with E-state index in [0.29, 0.717) is 0 Å². The molecule has 0 N–H and O–H groups in total. The maximum atomic E-state index is 13.0. The second kappa shape index (κ2) is 6.34. The van der Waals surface area contributed by atoms with Crippen LogP contribution in [-0.2, 0) is 19.5 Å². The average Bonchev–Trinajstić information content (AvgIpc) is 2.86. The Bertz CT molecular complexity index is 981. The summed E-state index contributed by atoms with van der Waals surface area (Å²) in [6.45, 7) is 1.05. The maximum Gasteiger partial charge on any atom is 0.351 e. The van der Waals surface area contributed by atoms with Crippen LogP contribution in [0.25, 0.3) is 0 Å². The number of imide groups is 1. The van der Waals surface area contributed by atoms with Gasteiger partial charge in [0.2, 0.25) is 0 Å². The molecule has 0 aromatic heterocycles. The van der Waals surface area contributed by atoms with Gasteiger partial charge >= 0.3 is 5.97 Å². The van der Waals surface area contributed by atoms with Crippen LogP contribution in [0.4, 0.5) is 4.39 Å². The number of carbonyl (C=O) groups is 3. The third kappa shape index (κ3) is 2.86. The van der Waals surface area contributed by atoms with Gasteiger partial charge in [0.1, 0.15) is 5.82 Å². The Morgan fingerprint density at radius 3 is 2.00 bits per heavy atom. The molecule has 0 aliphatic carbocycles. The summed E-state index contributed by atoms with van der Waals surface area (Å²) in [5, 5.41) is -1.47. The molecule has 1 heterocycles. The number of hydrogen-bond acceptors (Lipinski definition) is 6. The summed E-state index contributed by atoms with van der Waals surface area (Å²) in [5.74, 6) is -3.65. The highest BCUT2D eigenvalue weighted by molar-refractivity contribution is 7.92. The number of sulfone groups is 1. The fourth-order valence-corrected chi connectivity index (χ4v) is 3.59. The second-order valence-corrected chi connectivity index (χ2v) is 7.77. The molecule has 1 atom stereocenters. The van der Waals surface area contributed by atoms with Crippen molar-refractivity contribution in [2.45, 2.75) is 17.1 Å². The van der Waals surface area contributed by atoms with Crippen molar-refractivity contribution in [2.24, 2.45) is 0 Å². The first-order chi connectivity index (χ1) is 12.2. The van der Waals surface area contributed by atoms with E-state index >= 15 is 0 Å². The van der Waals surface area contributed by atoms with E-state index in [2.05, 4.69) is 0 Å². The van der Waals surface area contributed by atoms with Gasteiger partial charge in [-0.25, -0.2) is 17.6 Å². The van der Waals surface area contributed by atoms with Crippen LogP contribution in [0, 0.1) is 5.82 Å². The Kier molecular flexibility index (Phi) is 4.33.